The van der Waals surface area contributed by atoms with Crippen LogP contribution in [0.25, 0.3) is 0 Å². The van der Waals surface area contributed by atoms with Crippen LogP contribution in [0.1, 0.15) is 26.2 Å². The van der Waals surface area contributed by atoms with Crippen molar-refractivity contribution in [2.45, 2.75) is 32.2 Å². The topological polar surface area (TPSA) is 46.3 Å². The zero-order chi connectivity index (χ0) is 9.14. The first-order chi connectivity index (χ1) is 5.66. The van der Waals surface area contributed by atoms with E-state index in [1.807, 2.05) is 11.9 Å². The monoisotopic (exact) mass is 170 g/mol. The summed E-state index contributed by atoms with van der Waals surface area (Å²) < 4.78 is 0. The van der Waals surface area contributed by atoms with E-state index in [0.29, 0.717) is 12.0 Å². The van der Waals surface area contributed by atoms with Gasteiger partial charge in [0.2, 0.25) is 5.91 Å². The van der Waals surface area contributed by atoms with Gasteiger partial charge in [-0.15, -0.1) is 0 Å². The highest BCUT2D eigenvalue weighted by molar-refractivity contribution is 5.78. The predicted octanol–water partition coefficient (Wildman–Crippen LogP) is 0.592. The Bertz CT molecular complexity index is 170. The van der Waals surface area contributed by atoms with Gasteiger partial charge in [-0.05, 0) is 25.3 Å². The number of hydrogen-bond acceptors (Lipinski definition) is 2. The Labute approximate surface area is 73.9 Å². The molecule has 2 atom stereocenters. The quantitative estimate of drug-likeness (QED) is 0.674. The predicted molar refractivity (Wildman–Crippen MR) is 48.6 cm³/mol. The van der Waals surface area contributed by atoms with Crippen molar-refractivity contribution in [2.24, 2.45) is 11.7 Å². The molecule has 1 aliphatic rings. The summed E-state index contributed by atoms with van der Waals surface area (Å²) >= 11 is 0. The smallest absolute Gasteiger partial charge is 0.222 e. The minimum absolute atomic E-state index is 0.281. The molecule has 1 saturated heterocycles. The van der Waals surface area contributed by atoms with E-state index in [1.165, 1.54) is 0 Å². The number of nitrogens with zero attached hydrogens (tertiary/aromatic N) is 1. The van der Waals surface area contributed by atoms with Gasteiger partial charge in [0.1, 0.15) is 0 Å². The molecule has 1 heterocycles. The van der Waals surface area contributed by atoms with Crippen molar-refractivity contribution < 1.29 is 4.79 Å². The van der Waals surface area contributed by atoms with Crippen LogP contribution in [0, 0.1) is 5.92 Å². The Morgan fingerprint density at radius 2 is 2.42 bits per heavy atom. The van der Waals surface area contributed by atoms with Crippen molar-refractivity contribution >= 4 is 5.91 Å². The van der Waals surface area contributed by atoms with Gasteiger partial charge >= 0.3 is 0 Å². The van der Waals surface area contributed by atoms with Crippen LogP contribution in [0.5, 0.6) is 0 Å². The summed E-state index contributed by atoms with van der Waals surface area (Å²) in [6.45, 7) is 2.90. The molecule has 0 bridgehead atoms. The molecule has 12 heavy (non-hydrogen) atoms. The van der Waals surface area contributed by atoms with Gasteiger partial charge < -0.3 is 10.6 Å². The molecule has 3 heteroatoms. The van der Waals surface area contributed by atoms with Crippen molar-refractivity contribution in [2.75, 3.05) is 13.6 Å². The average molecular weight is 170 g/mol. The van der Waals surface area contributed by atoms with E-state index in [-0.39, 0.29) is 5.91 Å². The lowest BCUT2D eigenvalue weighted by atomic mass is 9.96. The molecular weight excluding hydrogens is 152 g/mol. The third kappa shape index (κ3) is 1.78. The highest BCUT2D eigenvalue weighted by atomic mass is 16.2. The van der Waals surface area contributed by atoms with Crippen molar-refractivity contribution in [3.8, 4) is 0 Å². The fraction of sp³-hybridized carbons (Fsp3) is 0.889. The van der Waals surface area contributed by atoms with Crippen LogP contribution in [0.4, 0.5) is 0 Å². The second-order valence-corrected chi connectivity index (χ2v) is 3.67. The van der Waals surface area contributed by atoms with Gasteiger partial charge in [-0.2, -0.15) is 0 Å². The lowest BCUT2D eigenvalue weighted by Gasteiger charge is -2.25. The molecule has 0 aromatic rings. The van der Waals surface area contributed by atoms with Crippen LogP contribution in [0.15, 0.2) is 0 Å². The summed E-state index contributed by atoms with van der Waals surface area (Å²) in [7, 11) is 1.90. The van der Waals surface area contributed by atoms with Crippen LogP contribution >= 0.6 is 0 Å². The minimum Gasteiger partial charge on any atom is -0.342 e. The fourth-order valence-electron chi connectivity index (χ4n) is 1.95. The molecule has 2 N–H and O–H groups in total. The van der Waals surface area contributed by atoms with E-state index in [2.05, 4.69) is 6.92 Å². The molecule has 3 nitrogen and oxygen atoms in total. The van der Waals surface area contributed by atoms with Gasteiger partial charge in [0, 0.05) is 19.5 Å². The zero-order valence-electron chi connectivity index (χ0n) is 7.92. The number of carbonyl (C=O) groups excluding carboxylic acids is 1. The molecule has 0 aromatic carbocycles. The van der Waals surface area contributed by atoms with Gasteiger partial charge in [-0.25, -0.2) is 0 Å². The van der Waals surface area contributed by atoms with Crippen LogP contribution < -0.4 is 5.73 Å². The minimum atomic E-state index is 0.281. The van der Waals surface area contributed by atoms with E-state index in [9.17, 15) is 4.79 Å². The molecule has 0 saturated carbocycles. The van der Waals surface area contributed by atoms with Gasteiger partial charge in [-0.3, -0.25) is 4.79 Å². The number of likely N-dealkylation sites (tertiary alicyclic amines) is 1. The Morgan fingerprint density at radius 3 is 2.83 bits per heavy atom. The molecule has 70 valence electrons. The number of nitrogens with two attached hydrogens (primary N) is 1. The zero-order valence-corrected chi connectivity index (χ0v) is 7.92. The average Bonchev–Trinajstić information content (AvgIpc) is 2.34. The first-order valence-corrected chi connectivity index (χ1v) is 4.62. The van der Waals surface area contributed by atoms with E-state index < -0.39 is 0 Å². The number of rotatable bonds is 3. The maximum atomic E-state index is 11.2. The summed E-state index contributed by atoms with van der Waals surface area (Å²) in [5, 5.41) is 0. The highest BCUT2D eigenvalue weighted by Gasteiger charge is 2.30. The normalized spacial score (nSPS) is 26.4. The second kappa shape index (κ2) is 3.90. The molecule has 0 aromatic heterocycles. The van der Waals surface area contributed by atoms with E-state index in [0.717, 1.165) is 25.8 Å². The van der Waals surface area contributed by atoms with Crippen molar-refractivity contribution in [3.63, 3.8) is 0 Å². The molecule has 2 unspecified atom stereocenters. The molecular formula is C9H18N2O. The standard InChI is InChI=1S/C9H18N2O/c1-7(5-6-10)8-3-4-9(12)11(8)2/h7-8H,3-6,10H2,1-2H3. The van der Waals surface area contributed by atoms with Gasteiger partial charge in [0.15, 0.2) is 0 Å². The molecule has 1 rings (SSSR count). The molecule has 0 aliphatic carbocycles. The first kappa shape index (κ1) is 9.52. The van der Waals surface area contributed by atoms with Crippen LogP contribution in [0.2, 0.25) is 0 Å². The van der Waals surface area contributed by atoms with Crippen LogP contribution in [-0.4, -0.2) is 30.4 Å². The Balaban J connectivity index is 2.47. The van der Waals surface area contributed by atoms with Gasteiger partial charge in [0.25, 0.3) is 0 Å². The summed E-state index contributed by atoms with van der Waals surface area (Å²) in [6, 6.07) is 0.432. The van der Waals surface area contributed by atoms with Crippen LogP contribution in [0.3, 0.4) is 0 Å². The first-order valence-electron chi connectivity index (χ1n) is 4.62. The van der Waals surface area contributed by atoms with Gasteiger partial charge in [0.05, 0.1) is 0 Å². The molecule has 1 aliphatic heterocycles. The van der Waals surface area contributed by atoms with E-state index in [4.69, 9.17) is 5.73 Å². The summed E-state index contributed by atoms with van der Waals surface area (Å²) in [5.41, 5.74) is 5.47. The molecule has 1 amide bonds. The largest absolute Gasteiger partial charge is 0.342 e. The third-order valence-electron chi connectivity index (χ3n) is 2.82. The van der Waals surface area contributed by atoms with Crippen LogP contribution in [-0.2, 0) is 4.79 Å². The van der Waals surface area contributed by atoms with Crippen molar-refractivity contribution in [1.29, 1.82) is 0 Å². The fourth-order valence-corrected chi connectivity index (χ4v) is 1.95. The number of amides is 1. The summed E-state index contributed by atoms with van der Waals surface area (Å²) in [5.74, 6) is 0.829. The van der Waals surface area contributed by atoms with Gasteiger partial charge in [-0.1, -0.05) is 6.92 Å². The highest BCUT2D eigenvalue weighted by Crippen LogP contribution is 2.24. The lowest BCUT2D eigenvalue weighted by Crippen LogP contribution is -2.34. The van der Waals surface area contributed by atoms with E-state index in [1.54, 1.807) is 0 Å². The van der Waals surface area contributed by atoms with Crippen molar-refractivity contribution in [3.05, 3.63) is 0 Å². The molecule has 0 spiro atoms. The summed E-state index contributed by atoms with van der Waals surface area (Å²) in [4.78, 5) is 13.1. The van der Waals surface area contributed by atoms with Crippen molar-refractivity contribution in [1.82, 2.24) is 4.90 Å². The molecule has 0 radical (unpaired) electrons. The Morgan fingerprint density at radius 1 is 1.75 bits per heavy atom. The number of hydrogen-bond donors (Lipinski definition) is 1. The maximum Gasteiger partial charge on any atom is 0.222 e. The lowest BCUT2D eigenvalue weighted by molar-refractivity contribution is -0.128. The maximum absolute atomic E-state index is 11.2. The Hall–Kier alpha value is -0.570. The number of carbonyl (C=O) groups is 1. The second-order valence-electron chi connectivity index (χ2n) is 3.67. The third-order valence-corrected chi connectivity index (χ3v) is 2.82. The Kier molecular flexibility index (Phi) is 3.09. The van der Waals surface area contributed by atoms with E-state index >= 15 is 0 Å². The SMILES string of the molecule is CC(CCN)C1CCC(=O)N1C. The summed E-state index contributed by atoms with van der Waals surface area (Å²) in [6.07, 6.45) is 2.74. The molecule has 1 fully saturated rings.